The molecule has 5 rings (SSSR count). The molecule has 2 aromatic heterocycles. The number of pyridine rings is 1. The van der Waals surface area contributed by atoms with E-state index in [0.717, 1.165) is 48.9 Å². The molecule has 174 valence electrons. The fraction of sp³-hybridized carbons (Fsp3) is 0.240. The Hall–Kier alpha value is -3.83. The second-order valence-electron chi connectivity index (χ2n) is 8.35. The first-order valence-electron chi connectivity index (χ1n) is 10.9. The van der Waals surface area contributed by atoms with E-state index in [1.54, 1.807) is 0 Å². The predicted octanol–water partition coefficient (Wildman–Crippen LogP) is 5.31. The zero-order chi connectivity index (χ0) is 23.1. The first-order valence-corrected chi connectivity index (χ1v) is 10.9. The number of phenolic OH excluding ortho intramolecular Hbond substituents is 1. The minimum absolute atomic E-state index is 0. The van der Waals surface area contributed by atoms with Gasteiger partial charge < -0.3 is 15.7 Å². The predicted molar refractivity (Wildman–Crippen MR) is 134 cm³/mol. The van der Waals surface area contributed by atoms with E-state index < -0.39 is 5.82 Å². The average molecular weight is 479 g/mol. The quantitative estimate of drug-likeness (QED) is 0.344. The molecular formula is C25H24ClFN6O. The van der Waals surface area contributed by atoms with Crippen LogP contribution in [-0.2, 0) is 0 Å². The minimum atomic E-state index is -0.670. The number of halogens is 2. The van der Waals surface area contributed by atoms with Crippen molar-refractivity contribution in [3.63, 3.8) is 0 Å². The zero-order valence-corrected chi connectivity index (χ0v) is 19.4. The third kappa shape index (κ3) is 3.88. The molecule has 0 saturated carbocycles. The van der Waals surface area contributed by atoms with E-state index in [0.29, 0.717) is 22.3 Å². The summed E-state index contributed by atoms with van der Waals surface area (Å²) >= 11 is 0. The number of hydrogen-bond donors (Lipinski definition) is 3. The van der Waals surface area contributed by atoms with Crippen molar-refractivity contribution < 1.29 is 9.50 Å². The van der Waals surface area contributed by atoms with Crippen molar-refractivity contribution in [1.29, 1.82) is 5.26 Å². The first-order chi connectivity index (χ1) is 16.0. The van der Waals surface area contributed by atoms with Crippen molar-refractivity contribution in [3.8, 4) is 34.2 Å². The van der Waals surface area contributed by atoms with Crippen LogP contribution in [0.5, 0.6) is 5.75 Å². The average Bonchev–Trinajstić information content (AvgIpc) is 3.18. The molecule has 0 unspecified atom stereocenters. The number of aryl methyl sites for hydroxylation is 1. The molecule has 0 atom stereocenters. The molecule has 7 nitrogen and oxygen atoms in total. The van der Waals surface area contributed by atoms with Crippen LogP contribution in [0.2, 0.25) is 0 Å². The number of H-pyrrole nitrogens is 1. The van der Waals surface area contributed by atoms with Crippen LogP contribution in [0.15, 0.2) is 36.4 Å². The van der Waals surface area contributed by atoms with Crippen molar-refractivity contribution in [3.05, 3.63) is 53.5 Å². The molecule has 0 aliphatic carbocycles. The number of nitriles is 1. The summed E-state index contributed by atoms with van der Waals surface area (Å²) < 4.78 is 14.8. The van der Waals surface area contributed by atoms with E-state index in [4.69, 9.17) is 5.73 Å². The van der Waals surface area contributed by atoms with E-state index in [1.165, 1.54) is 18.6 Å². The second-order valence-corrected chi connectivity index (χ2v) is 8.35. The second kappa shape index (κ2) is 9.20. The maximum atomic E-state index is 14.8. The Bertz CT molecular complexity index is 1420. The van der Waals surface area contributed by atoms with E-state index >= 15 is 0 Å². The molecule has 3 heterocycles. The number of anilines is 2. The van der Waals surface area contributed by atoms with Gasteiger partial charge in [-0.15, -0.1) is 12.4 Å². The number of nitrogens with one attached hydrogen (secondary N) is 1. The number of nitrogen functional groups attached to an aromatic ring is 1. The van der Waals surface area contributed by atoms with Crippen LogP contribution in [0.25, 0.3) is 33.4 Å². The summed E-state index contributed by atoms with van der Waals surface area (Å²) in [4.78, 5) is 6.79. The molecule has 34 heavy (non-hydrogen) atoms. The van der Waals surface area contributed by atoms with Gasteiger partial charge >= 0.3 is 0 Å². The first kappa shape index (κ1) is 23.3. The summed E-state index contributed by atoms with van der Waals surface area (Å²) in [7, 11) is 0. The number of nitrogens with two attached hydrogens (primary N) is 1. The molecule has 2 aromatic carbocycles. The topological polar surface area (TPSA) is 115 Å². The number of aromatic amines is 1. The Kier molecular flexibility index (Phi) is 6.31. The molecular weight excluding hydrogens is 455 g/mol. The molecule has 1 fully saturated rings. The van der Waals surface area contributed by atoms with Gasteiger partial charge in [0.15, 0.2) is 5.65 Å². The molecule has 0 spiro atoms. The highest BCUT2D eigenvalue weighted by atomic mass is 35.5. The highest BCUT2D eigenvalue weighted by Gasteiger charge is 2.24. The van der Waals surface area contributed by atoms with Crippen LogP contribution < -0.4 is 10.6 Å². The van der Waals surface area contributed by atoms with Gasteiger partial charge in [-0.25, -0.2) is 9.37 Å². The maximum Gasteiger partial charge on any atom is 0.182 e. The number of nitrogens with zero attached hydrogens (tertiary/aromatic N) is 4. The van der Waals surface area contributed by atoms with Crippen molar-refractivity contribution in [2.45, 2.75) is 26.2 Å². The van der Waals surface area contributed by atoms with E-state index in [-0.39, 0.29) is 35.0 Å². The van der Waals surface area contributed by atoms with Gasteiger partial charge in [0.1, 0.15) is 17.6 Å². The smallest absolute Gasteiger partial charge is 0.182 e. The molecule has 1 aliphatic heterocycles. The number of aromatic hydroxyl groups is 1. The van der Waals surface area contributed by atoms with Crippen LogP contribution in [0.4, 0.5) is 15.8 Å². The van der Waals surface area contributed by atoms with Crippen molar-refractivity contribution >= 4 is 34.8 Å². The summed E-state index contributed by atoms with van der Waals surface area (Å²) in [6.45, 7) is 3.79. The SMILES string of the molecule is Cc1[nH]nc2nc(-c3ccc(O)cc3F)c(C#N)c(-c3ccc(N4CCCCC4)c(N)c3)c12.Cl. The lowest BCUT2D eigenvalue weighted by molar-refractivity contribution is 0.469. The lowest BCUT2D eigenvalue weighted by Gasteiger charge is -2.30. The Balaban J connectivity index is 0.00000274. The monoisotopic (exact) mass is 478 g/mol. The molecule has 1 saturated heterocycles. The van der Waals surface area contributed by atoms with Crippen LogP contribution in [0.3, 0.4) is 0 Å². The van der Waals surface area contributed by atoms with Gasteiger partial charge in [-0.1, -0.05) is 6.07 Å². The molecule has 9 heteroatoms. The fourth-order valence-corrected chi connectivity index (χ4v) is 4.62. The number of benzene rings is 2. The maximum absolute atomic E-state index is 14.8. The lowest BCUT2D eigenvalue weighted by atomic mass is 9.92. The summed E-state index contributed by atoms with van der Waals surface area (Å²) in [5.74, 6) is -0.871. The molecule has 0 bridgehead atoms. The van der Waals surface area contributed by atoms with Crippen molar-refractivity contribution in [2.24, 2.45) is 0 Å². The summed E-state index contributed by atoms with van der Waals surface area (Å²) in [6.07, 6.45) is 3.51. The largest absolute Gasteiger partial charge is 0.508 e. The van der Waals surface area contributed by atoms with Crippen LogP contribution in [-0.4, -0.2) is 33.4 Å². The normalized spacial score (nSPS) is 13.5. The molecule has 0 radical (unpaired) electrons. The lowest BCUT2D eigenvalue weighted by Crippen LogP contribution is -2.29. The third-order valence-electron chi connectivity index (χ3n) is 6.22. The van der Waals surface area contributed by atoms with Crippen LogP contribution in [0, 0.1) is 24.1 Å². The van der Waals surface area contributed by atoms with E-state index in [2.05, 4.69) is 26.2 Å². The van der Waals surface area contributed by atoms with Gasteiger partial charge in [0, 0.05) is 36.0 Å². The Morgan fingerprint density at radius 1 is 1.15 bits per heavy atom. The number of aromatic nitrogens is 3. The van der Waals surface area contributed by atoms with Gasteiger partial charge in [-0.3, -0.25) is 5.10 Å². The van der Waals surface area contributed by atoms with Gasteiger partial charge in [0.05, 0.1) is 28.0 Å². The number of hydrogen-bond acceptors (Lipinski definition) is 6. The Morgan fingerprint density at radius 3 is 2.59 bits per heavy atom. The fourth-order valence-electron chi connectivity index (χ4n) is 4.62. The standard InChI is InChI=1S/C25H23FN6O.ClH/c1-14-22-23(15-5-8-21(20(28)11-15)32-9-3-2-4-10-32)18(13-27)24(29-25(22)31-30-14)17-7-6-16(33)12-19(17)26;/h5-8,11-12,33H,2-4,9-10,28H2,1H3,(H,29,30,31);1H. The van der Waals surface area contributed by atoms with Gasteiger partial charge in [-0.05, 0) is 56.0 Å². The van der Waals surface area contributed by atoms with E-state index in [9.17, 15) is 14.8 Å². The summed E-state index contributed by atoms with van der Waals surface area (Å²) in [5, 5.41) is 27.7. The number of rotatable bonds is 3. The number of phenols is 1. The van der Waals surface area contributed by atoms with Crippen LogP contribution >= 0.6 is 12.4 Å². The highest BCUT2D eigenvalue weighted by Crippen LogP contribution is 2.40. The van der Waals surface area contributed by atoms with Crippen LogP contribution in [0.1, 0.15) is 30.5 Å². The zero-order valence-electron chi connectivity index (χ0n) is 18.6. The third-order valence-corrected chi connectivity index (χ3v) is 6.22. The summed E-state index contributed by atoms with van der Waals surface area (Å²) in [6, 6.07) is 11.8. The van der Waals surface area contributed by atoms with Gasteiger partial charge in [0.2, 0.25) is 0 Å². The van der Waals surface area contributed by atoms with Crippen molar-refractivity contribution in [1.82, 2.24) is 15.2 Å². The molecule has 4 N–H and O–H groups in total. The number of piperidine rings is 1. The Morgan fingerprint density at radius 2 is 1.91 bits per heavy atom. The number of fused-ring (bicyclic) bond motifs is 1. The van der Waals surface area contributed by atoms with Crippen molar-refractivity contribution in [2.75, 3.05) is 23.7 Å². The van der Waals surface area contributed by atoms with E-state index in [1.807, 2.05) is 25.1 Å². The summed E-state index contributed by atoms with van der Waals surface area (Å²) in [5.41, 5.74) is 11.1. The van der Waals surface area contributed by atoms with Gasteiger partial charge in [0.25, 0.3) is 0 Å². The molecule has 1 aliphatic rings. The minimum Gasteiger partial charge on any atom is -0.508 e. The molecule has 4 aromatic rings. The highest BCUT2D eigenvalue weighted by molar-refractivity contribution is 6.01. The Labute approximate surface area is 202 Å². The molecule has 0 amide bonds. The van der Waals surface area contributed by atoms with Gasteiger partial charge in [-0.2, -0.15) is 10.4 Å².